The summed E-state index contributed by atoms with van der Waals surface area (Å²) in [5, 5.41) is 28.2. The summed E-state index contributed by atoms with van der Waals surface area (Å²) in [6, 6.07) is 0. The monoisotopic (exact) mass is 322 g/mol. The standard InChI is InChI=1S/C16H34O6/c1-4-5-6-7-8-9-10-21-12-15(13(2)18)22-16(20-3)14(19)11-17/h13-19H,4-12H2,1-3H3/t13-,14+,15?,16-/m0/s1. The molecule has 0 aliphatic carbocycles. The molecule has 0 amide bonds. The van der Waals surface area contributed by atoms with Crippen molar-refractivity contribution in [3.05, 3.63) is 0 Å². The fourth-order valence-electron chi connectivity index (χ4n) is 2.04. The molecule has 0 aromatic heterocycles. The first-order chi connectivity index (χ1) is 10.6. The number of unbranched alkanes of at least 4 members (excludes halogenated alkanes) is 5. The molecule has 0 aliphatic heterocycles. The minimum Gasteiger partial charge on any atom is -0.393 e. The van der Waals surface area contributed by atoms with E-state index in [-0.39, 0.29) is 6.61 Å². The van der Waals surface area contributed by atoms with E-state index in [1.807, 2.05) is 0 Å². The van der Waals surface area contributed by atoms with Gasteiger partial charge in [0.2, 0.25) is 0 Å². The second kappa shape index (κ2) is 14.4. The number of rotatable bonds is 15. The number of aliphatic hydroxyl groups excluding tert-OH is 3. The van der Waals surface area contributed by atoms with Gasteiger partial charge in [0.25, 0.3) is 0 Å². The molecule has 4 atom stereocenters. The van der Waals surface area contributed by atoms with Crippen molar-refractivity contribution in [2.45, 2.75) is 77.0 Å². The molecule has 0 heterocycles. The van der Waals surface area contributed by atoms with Gasteiger partial charge in [-0.1, -0.05) is 39.0 Å². The average molecular weight is 322 g/mol. The maximum Gasteiger partial charge on any atom is 0.185 e. The van der Waals surface area contributed by atoms with E-state index in [2.05, 4.69) is 6.92 Å². The highest BCUT2D eigenvalue weighted by Gasteiger charge is 2.26. The third-order valence-corrected chi connectivity index (χ3v) is 3.50. The summed E-state index contributed by atoms with van der Waals surface area (Å²) in [5.74, 6) is 0. The van der Waals surface area contributed by atoms with Crippen LogP contribution in [0.15, 0.2) is 0 Å². The Labute approximate surface area is 134 Å². The Morgan fingerprint density at radius 3 is 2.18 bits per heavy atom. The van der Waals surface area contributed by atoms with E-state index in [4.69, 9.17) is 19.3 Å². The molecular formula is C16H34O6. The van der Waals surface area contributed by atoms with Crippen LogP contribution in [-0.2, 0) is 14.2 Å². The van der Waals surface area contributed by atoms with Crippen molar-refractivity contribution in [2.75, 3.05) is 26.9 Å². The van der Waals surface area contributed by atoms with E-state index in [0.717, 1.165) is 12.8 Å². The third kappa shape index (κ3) is 10.5. The molecule has 0 aromatic carbocycles. The zero-order chi connectivity index (χ0) is 16.8. The van der Waals surface area contributed by atoms with Gasteiger partial charge in [0.15, 0.2) is 6.29 Å². The van der Waals surface area contributed by atoms with Crippen LogP contribution in [0.25, 0.3) is 0 Å². The normalized spacial score (nSPS) is 17.2. The van der Waals surface area contributed by atoms with Crippen molar-refractivity contribution in [1.82, 2.24) is 0 Å². The highest BCUT2D eigenvalue weighted by Crippen LogP contribution is 2.10. The van der Waals surface area contributed by atoms with Gasteiger partial charge >= 0.3 is 0 Å². The van der Waals surface area contributed by atoms with Gasteiger partial charge in [-0.25, -0.2) is 0 Å². The second-order valence-electron chi connectivity index (χ2n) is 5.61. The van der Waals surface area contributed by atoms with Crippen LogP contribution in [0.4, 0.5) is 0 Å². The van der Waals surface area contributed by atoms with Crippen LogP contribution >= 0.6 is 0 Å². The Kier molecular flexibility index (Phi) is 14.2. The largest absolute Gasteiger partial charge is 0.393 e. The van der Waals surface area contributed by atoms with Crippen LogP contribution in [0, 0.1) is 0 Å². The van der Waals surface area contributed by atoms with Gasteiger partial charge in [0.05, 0.1) is 19.3 Å². The molecule has 3 N–H and O–H groups in total. The second-order valence-corrected chi connectivity index (χ2v) is 5.61. The van der Waals surface area contributed by atoms with E-state index in [1.54, 1.807) is 6.92 Å². The average Bonchev–Trinajstić information content (AvgIpc) is 2.51. The summed E-state index contributed by atoms with van der Waals surface area (Å²) < 4.78 is 16.0. The van der Waals surface area contributed by atoms with Crippen LogP contribution in [0.1, 0.15) is 52.4 Å². The van der Waals surface area contributed by atoms with Crippen LogP contribution in [-0.4, -0.2) is 66.9 Å². The summed E-state index contributed by atoms with van der Waals surface area (Å²) in [5.41, 5.74) is 0. The summed E-state index contributed by atoms with van der Waals surface area (Å²) in [6.07, 6.45) is 3.65. The Morgan fingerprint density at radius 2 is 1.64 bits per heavy atom. The minimum absolute atomic E-state index is 0.227. The number of ether oxygens (including phenoxy) is 3. The highest BCUT2D eigenvalue weighted by atomic mass is 16.7. The van der Waals surface area contributed by atoms with Gasteiger partial charge in [0, 0.05) is 13.7 Å². The van der Waals surface area contributed by atoms with Gasteiger partial charge in [0.1, 0.15) is 12.2 Å². The Morgan fingerprint density at radius 1 is 1.00 bits per heavy atom. The van der Waals surface area contributed by atoms with Gasteiger partial charge in [-0.15, -0.1) is 0 Å². The Balaban J connectivity index is 3.90. The first-order valence-corrected chi connectivity index (χ1v) is 8.29. The molecule has 6 nitrogen and oxygen atoms in total. The molecule has 1 unspecified atom stereocenters. The molecule has 0 fully saturated rings. The smallest absolute Gasteiger partial charge is 0.185 e. The maximum absolute atomic E-state index is 9.71. The van der Waals surface area contributed by atoms with E-state index in [1.165, 1.54) is 32.8 Å². The lowest BCUT2D eigenvalue weighted by atomic mass is 10.1. The molecule has 0 spiro atoms. The summed E-state index contributed by atoms with van der Waals surface area (Å²) in [7, 11) is 1.37. The third-order valence-electron chi connectivity index (χ3n) is 3.50. The van der Waals surface area contributed by atoms with Gasteiger partial charge in [-0.2, -0.15) is 0 Å². The summed E-state index contributed by atoms with van der Waals surface area (Å²) >= 11 is 0. The molecule has 6 heteroatoms. The van der Waals surface area contributed by atoms with Crippen LogP contribution in [0.5, 0.6) is 0 Å². The van der Waals surface area contributed by atoms with Crippen LogP contribution in [0.3, 0.4) is 0 Å². The van der Waals surface area contributed by atoms with Crippen molar-refractivity contribution in [3.63, 3.8) is 0 Å². The molecule has 22 heavy (non-hydrogen) atoms. The molecule has 0 radical (unpaired) electrons. The van der Waals surface area contributed by atoms with E-state index in [0.29, 0.717) is 6.61 Å². The molecule has 0 bridgehead atoms. The number of methoxy groups -OCH3 is 1. The molecule has 0 saturated heterocycles. The first kappa shape index (κ1) is 21.8. The van der Waals surface area contributed by atoms with Crippen molar-refractivity contribution >= 4 is 0 Å². The number of aliphatic hydroxyl groups is 3. The molecule has 0 saturated carbocycles. The predicted octanol–water partition coefficient (Wildman–Crippen LogP) is 1.46. The van der Waals surface area contributed by atoms with Gasteiger partial charge < -0.3 is 29.5 Å². The first-order valence-electron chi connectivity index (χ1n) is 8.29. The van der Waals surface area contributed by atoms with Gasteiger partial charge in [-0.05, 0) is 13.3 Å². The van der Waals surface area contributed by atoms with Crippen molar-refractivity contribution < 1.29 is 29.5 Å². The Hall–Kier alpha value is -0.240. The highest BCUT2D eigenvalue weighted by molar-refractivity contribution is 4.68. The van der Waals surface area contributed by atoms with Crippen LogP contribution < -0.4 is 0 Å². The molecule has 0 aromatic rings. The zero-order valence-corrected chi connectivity index (χ0v) is 14.2. The van der Waals surface area contributed by atoms with E-state index in [9.17, 15) is 10.2 Å². The molecule has 0 aliphatic rings. The topological polar surface area (TPSA) is 88.4 Å². The van der Waals surface area contributed by atoms with Crippen molar-refractivity contribution in [2.24, 2.45) is 0 Å². The lowest BCUT2D eigenvalue weighted by Crippen LogP contribution is -2.42. The zero-order valence-electron chi connectivity index (χ0n) is 14.2. The Bertz CT molecular complexity index is 237. The van der Waals surface area contributed by atoms with E-state index >= 15 is 0 Å². The summed E-state index contributed by atoms with van der Waals surface area (Å²) in [6.45, 7) is 4.17. The fourth-order valence-corrected chi connectivity index (χ4v) is 2.04. The van der Waals surface area contributed by atoms with Gasteiger partial charge in [-0.3, -0.25) is 0 Å². The lowest BCUT2D eigenvalue weighted by Gasteiger charge is -2.27. The minimum atomic E-state index is -1.15. The number of hydrogen-bond donors (Lipinski definition) is 3. The van der Waals surface area contributed by atoms with Crippen molar-refractivity contribution in [3.8, 4) is 0 Å². The van der Waals surface area contributed by atoms with Crippen molar-refractivity contribution in [1.29, 1.82) is 0 Å². The molecular weight excluding hydrogens is 288 g/mol. The molecule has 134 valence electrons. The van der Waals surface area contributed by atoms with Crippen LogP contribution in [0.2, 0.25) is 0 Å². The molecule has 0 rings (SSSR count). The van der Waals surface area contributed by atoms with E-state index < -0.39 is 31.2 Å². The fraction of sp³-hybridized carbons (Fsp3) is 1.00. The maximum atomic E-state index is 9.71. The predicted molar refractivity (Wildman–Crippen MR) is 84.6 cm³/mol. The summed E-state index contributed by atoms with van der Waals surface area (Å²) in [4.78, 5) is 0. The SMILES string of the molecule is CCCCCCCCOCC(O[C@H](OC)[C@H](O)CO)[C@H](C)O. The number of hydrogen-bond acceptors (Lipinski definition) is 6. The lowest BCUT2D eigenvalue weighted by molar-refractivity contribution is -0.232. The quantitative estimate of drug-likeness (QED) is 0.312.